The summed E-state index contributed by atoms with van der Waals surface area (Å²) in [5.41, 5.74) is 0. The minimum absolute atomic E-state index is 0.306. The first-order chi connectivity index (χ1) is 8.84. The molecule has 0 aromatic heterocycles. The number of hydrogen-bond donors (Lipinski definition) is 1. The van der Waals surface area contributed by atoms with Gasteiger partial charge >= 0.3 is 0 Å². The van der Waals surface area contributed by atoms with E-state index in [2.05, 4.69) is 17.3 Å². The van der Waals surface area contributed by atoms with Crippen LogP contribution in [0, 0.1) is 0 Å². The molecule has 1 aliphatic rings. The van der Waals surface area contributed by atoms with Crippen LogP contribution in [0.4, 0.5) is 0 Å². The highest BCUT2D eigenvalue weighted by Crippen LogP contribution is 2.08. The number of morpholine rings is 1. The lowest BCUT2D eigenvalue weighted by atomic mass is 10.3. The van der Waals surface area contributed by atoms with Crippen LogP contribution < -0.4 is 10.1 Å². The summed E-state index contributed by atoms with van der Waals surface area (Å²) in [6.45, 7) is 5.31. The molecule has 0 bridgehead atoms. The van der Waals surface area contributed by atoms with Crippen molar-refractivity contribution in [2.24, 2.45) is 0 Å². The van der Waals surface area contributed by atoms with E-state index in [9.17, 15) is 0 Å². The number of rotatable bonds is 6. The number of benzene rings is 1. The minimum atomic E-state index is 0.306. The van der Waals surface area contributed by atoms with Gasteiger partial charge in [0.05, 0.1) is 12.7 Å². The second kappa shape index (κ2) is 7.36. The van der Waals surface area contributed by atoms with Crippen molar-refractivity contribution in [2.45, 2.75) is 6.10 Å². The van der Waals surface area contributed by atoms with Gasteiger partial charge in [-0.3, -0.25) is 0 Å². The Hall–Kier alpha value is -1.10. The molecule has 4 heteroatoms. The van der Waals surface area contributed by atoms with Crippen LogP contribution in [0.2, 0.25) is 0 Å². The number of nitrogens with zero attached hydrogens (tertiary/aromatic N) is 1. The lowest BCUT2D eigenvalue weighted by Gasteiger charge is -2.27. The summed E-state index contributed by atoms with van der Waals surface area (Å²) in [5, 5.41) is 3.34. The monoisotopic (exact) mass is 250 g/mol. The molecule has 18 heavy (non-hydrogen) atoms. The van der Waals surface area contributed by atoms with Gasteiger partial charge in [0.2, 0.25) is 0 Å². The van der Waals surface area contributed by atoms with Gasteiger partial charge in [-0.05, 0) is 19.2 Å². The standard InChI is InChI=1S/C14H22N2O2/c1-16(12-14-11-15-7-9-17-14)8-10-18-13-5-3-2-4-6-13/h2-6,14-15H,7-12H2,1H3. The second-order valence-electron chi connectivity index (χ2n) is 4.62. The van der Waals surface area contributed by atoms with E-state index in [1.54, 1.807) is 0 Å². The van der Waals surface area contributed by atoms with Crippen molar-refractivity contribution in [3.05, 3.63) is 30.3 Å². The van der Waals surface area contributed by atoms with E-state index in [0.29, 0.717) is 12.7 Å². The molecule has 1 fully saturated rings. The summed E-state index contributed by atoms with van der Waals surface area (Å²) < 4.78 is 11.3. The fourth-order valence-corrected chi connectivity index (χ4v) is 2.01. The third-order valence-corrected chi connectivity index (χ3v) is 3.00. The molecule has 1 aliphatic heterocycles. The van der Waals surface area contributed by atoms with E-state index in [1.807, 2.05) is 30.3 Å². The highest BCUT2D eigenvalue weighted by atomic mass is 16.5. The van der Waals surface area contributed by atoms with Crippen LogP contribution in [0.1, 0.15) is 0 Å². The van der Waals surface area contributed by atoms with Crippen LogP contribution in [-0.4, -0.2) is 57.4 Å². The Bertz CT molecular complexity index is 326. The molecule has 1 saturated heterocycles. The van der Waals surface area contributed by atoms with Crippen molar-refractivity contribution in [3.63, 3.8) is 0 Å². The van der Waals surface area contributed by atoms with Gasteiger partial charge in [0.1, 0.15) is 12.4 Å². The molecular formula is C14H22N2O2. The van der Waals surface area contributed by atoms with Gasteiger partial charge in [-0.2, -0.15) is 0 Å². The number of ether oxygens (including phenoxy) is 2. The topological polar surface area (TPSA) is 33.7 Å². The molecule has 100 valence electrons. The van der Waals surface area contributed by atoms with Crippen molar-refractivity contribution in [2.75, 3.05) is 46.4 Å². The average Bonchev–Trinajstić information content (AvgIpc) is 2.41. The molecule has 0 aliphatic carbocycles. The summed E-state index contributed by atoms with van der Waals surface area (Å²) in [4.78, 5) is 2.25. The Kier molecular flexibility index (Phi) is 5.45. The number of likely N-dealkylation sites (N-methyl/N-ethyl adjacent to an activating group) is 1. The van der Waals surface area contributed by atoms with Crippen molar-refractivity contribution in [3.8, 4) is 5.75 Å². The van der Waals surface area contributed by atoms with Crippen molar-refractivity contribution in [1.82, 2.24) is 10.2 Å². The highest BCUT2D eigenvalue weighted by molar-refractivity contribution is 5.20. The first-order valence-electron chi connectivity index (χ1n) is 6.53. The molecule has 1 aromatic rings. The van der Waals surface area contributed by atoms with Crippen LogP contribution in [0.3, 0.4) is 0 Å². The molecule has 4 nitrogen and oxygen atoms in total. The van der Waals surface area contributed by atoms with E-state index >= 15 is 0 Å². The average molecular weight is 250 g/mol. The van der Waals surface area contributed by atoms with Crippen LogP contribution in [0.15, 0.2) is 30.3 Å². The number of hydrogen-bond acceptors (Lipinski definition) is 4. The fourth-order valence-electron chi connectivity index (χ4n) is 2.01. The predicted octanol–water partition coefficient (Wildman–Crippen LogP) is 0.986. The van der Waals surface area contributed by atoms with E-state index < -0.39 is 0 Å². The highest BCUT2D eigenvalue weighted by Gasteiger charge is 2.15. The zero-order valence-corrected chi connectivity index (χ0v) is 11.0. The van der Waals surface area contributed by atoms with Crippen LogP contribution in [-0.2, 0) is 4.74 Å². The first kappa shape index (κ1) is 13.3. The molecule has 1 atom stereocenters. The van der Waals surface area contributed by atoms with Crippen molar-refractivity contribution < 1.29 is 9.47 Å². The lowest BCUT2D eigenvalue weighted by molar-refractivity contribution is 0.00848. The molecule has 0 saturated carbocycles. The minimum Gasteiger partial charge on any atom is -0.492 e. The molecule has 2 rings (SSSR count). The molecule has 1 N–H and O–H groups in total. The van der Waals surface area contributed by atoms with E-state index in [1.165, 1.54) is 0 Å². The van der Waals surface area contributed by atoms with Crippen LogP contribution in [0.5, 0.6) is 5.75 Å². The van der Waals surface area contributed by atoms with E-state index in [4.69, 9.17) is 9.47 Å². The Morgan fingerprint density at radius 2 is 2.22 bits per heavy atom. The van der Waals surface area contributed by atoms with E-state index in [0.717, 1.165) is 38.5 Å². The summed E-state index contributed by atoms with van der Waals surface area (Å²) in [6.07, 6.45) is 0.306. The molecule has 0 radical (unpaired) electrons. The largest absolute Gasteiger partial charge is 0.492 e. The van der Waals surface area contributed by atoms with Gasteiger partial charge in [-0.1, -0.05) is 18.2 Å². The van der Waals surface area contributed by atoms with Gasteiger partial charge in [0.15, 0.2) is 0 Å². The molecule has 0 amide bonds. The first-order valence-corrected chi connectivity index (χ1v) is 6.53. The fraction of sp³-hybridized carbons (Fsp3) is 0.571. The quantitative estimate of drug-likeness (QED) is 0.816. The van der Waals surface area contributed by atoms with Crippen molar-refractivity contribution in [1.29, 1.82) is 0 Å². The maximum atomic E-state index is 5.67. The Morgan fingerprint density at radius 3 is 2.94 bits per heavy atom. The zero-order valence-electron chi connectivity index (χ0n) is 11.0. The normalized spacial score (nSPS) is 20.0. The second-order valence-corrected chi connectivity index (χ2v) is 4.62. The van der Waals surface area contributed by atoms with Gasteiger partial charge in [0, 0.05) is 26.2 Å². The molecule has 1 aromatic carbocycles. The lowest BCUT2D eigenvalue weighted by Crippen LogP contribution is -2.45. The van der Waals surface area contributed by atoms with E-state index in [-0.39, 0.29) is 0 Å². The van der Waals surface area contributed by atoms with Gasteiger partial charge in [-0.15, -0.1) is 0 Å². The van der Waals surface area contributed by atoms with Gasteiger partial charge < -0.3 is 19.7 Å². The maximum Gasteiger partial charge on any atom is 0.119 e. The van der Waals surface area contributed by atoms with Crippen molar-refractivity contribution >= 4 is 0 Å². The number of nitrogens with one attached hydrogen (secondary N) is 1. The zero-order chi connectivity index (χ0) is 12.6. The smallest absolute Gasteiger partial charge is 0.119 e. The Labute approximate surface area is 109 Å². The summed E-state index contributed by atoms with van der Waals surface area (Å²) in [7, 11) is 2.10. The molecule has 1 heterocycles. The van der Waals surface area contributed by atoms with Crippen LogP contribution >= 0.6 is 0 Å². The van der Waals surface area contributed by atoms with Gasteiger partial charge in [0.25, 0.3) is 0 Å². The maximum absolute atomic E-state index is 5.67. The van der Waals surface area contributed by atoms with Crippen LogP contribution in [0.25, 0.3) is 0 Å². The summed E-state index contributed by atoms with van der Waals surface area (Å²) >= 11 is 0. The summed E-state index contributed by atoms with van der Waals surface area (Å²) in [5.74, 6) is 0.932. The third-order valence-electron chi connectivity index (χ3n) is 3.00. The molecule has 1 unspecified atom stereocenters. The molecule has 0 spiro atoms. The van der Waals surface area contributed by atoms with Gasteiger partial charge in [-0.25, -0.2) is 0 Å². The Balaban J connectivity index is 1.61. The third kappa shape index (κ3) is 4.64. The number of para-hydroxylation sites is 1. The molecular weight excluding hydrogens is 228 g/mol. The summed E-state index contributed by atoms with van der Waals surface area (Å²) in [6, 6.07) is 9.93. The predicted molar refractivity (Wildman–Crippen MR) is 72.0 cm³/mol. The Morgan fingerprint density at radius 1 is 1.39 bits per heavy atom. The SMILES string of the molecule is CN(CCOc1ccccc1)CC1CNCCO1.